The number of hydrogen-bond acceptors (Lipinski definition) is 5. The van der Waals surface area contributed by atoms with Crippen LogP contribution in [0.2, 0.25) is 0 Å². The lowest BCUT2D eigenvalue weighted by molar-refractivity contribution is 0.0135. The second-order valence-electron chi connectivity index (χ2n) is 10.3. The van der Waals surface area contributed by atoms with Crippen molar-refractivity contribution in [3.63, 3.8) is 0 Å². The van der Waals surface area contributed by atoms with E-state index in [9.17, 15) is 18.0 Å². The number of amides is 1. The maximum Gasteiger partial charge on any atom is 0.410 e. The van der Waals surface area contributed by atoms with E-state index >= 15 is 0 Å². The predicted molar refractivity (Wildman–Crippen MR) is 138 cm³/mol. The molecule has 196 valence electrons. The Kier molecular flexibility index (Phi) is 7.17. The zero-order valence-corrected chi connectivity index (χ0v) is 21.6. The number of carbonyl (C=O) groups is 1. The standard InChI is InChI=1S/C28H31F3N4O2/c1-17(19-7-6-8-21(25(19)29)28(5,30)31)34-22-9-12-32-24-16-33-23(15-20(22)24)18-10-13-35(14-11-18)26(36)37-27(2,3)4/h6-10,12,15-17H,11,13-14H2,1-5H3,(H,32,34)/t17-/m1/s1. The highest BCUT2D eigenvalue weighted by Crippen LogP contribution is 2.34. The normalized spacial score (nSPS) is 15.4. The Bertz CT molecular complexity index is 1350. The molecule has 1 aromatic carbocycles. The molecule has 9 heteroatoms. The Balaban J connectivity index is 1.58. The van der Waals surface area contributed by atoms with Gasteiger partial charge in [0.2, 0.25) is 0 Å². The highest BCUT2D eigenvalue weighted by molar-refractivity contribution is 5.92. The van der Waals surface area contributed by atoms with Crippen molar-refractivity contribution in [1.29, 1.82) is 0 Å². The highest BCUT2D eigenvalue weighted by atomic mass is 19.3. The van der Waals surface area contributed by atoms with Crippen molar-refractivity contribution in [2.45, 2.75) is 58.6 Å². The van der Waals surface area contributed by atoms with Crippen LogP contribution < -0.4 is 5.32 Å². The number of benzene rings is 1. The molecular formula is C28H31F3N4O2. The van der Waals surface area contributed by atoms with Gasteiger partial charge in [-0.3, -0.25) is 9.97 Å². The van der Waals surface area contributed by atoms with Gasteiger partial charge in [0.05, 0.1) is 29.0 Å². The summed E-state index contributed by atoms with van der Waals surface area (Å²) < 4.78 is 48.1. The summed E-state index contributed by atoms with van der Waals surface area (Å²) in [4.78, 5) is 22.9. The van der Waals surface area contributed by atoms with Crippen molar-refractivity contribution in [1.82, 2.24) is 14.9 Å². The molecule has 1 N–H and O–H groups in total. The quantitative estimate of drug-likeness (QED) is 0.396. The zero-order chi connectivity index (χ0) is 27.0. The molecule has 37 heavy (non-hydrogen) atoms. The van der Waals surface area contributed by atoms with Crippen LogP contribution in [0.25, 0.3) is 16.5 Å². The molecule has 1 atom stereocenters. The molecule has 0 saturated carbocycles. The number of nitrogens with one attached hydrogen (secondary N) is 1. The summed E-state index contributed by atoms with van der Waals surface area (Å²) in [6.07, 6.45) is 5.50. The molecule has 4 rings (SSSR count). The summed E-state index contributed by atoms with van der Waals surface area (Å²) in [5, 5.41) is 4.02. The van der Waals surface area contributed by atoms with Gasteiger partial charge in [-0.05, 0) is 51.8 Å². The van der Waals surface area contributed by atoms with E-state index < -0.39 is 28.9 Å². The topological polar surface area (TPSA) is 67.4 Å². The van der Waals surface area contributed by atoms with Gasteiger partial charge in [-0.15, -0.1) is 0 Å². The van der Waals surface area contributed by atoms with Gasteiger partial charge in [0.25, 0.3) is 5.92 Å². The molecule has 2 aromatic heterocycles. The van der Waals surface area contributed by atoms with Crippen LogP contribution in [0.15, 0.2) is 48.8 Å². The maximum absolute atomic E-state index is 14.9. The minimum absolute atomic E-state index is 0.149. The van der Waals surface area contributed by atoms with Gasteiger partial charge in [-0.1, -0.05) is 24.3 Å². The van der Waals surface area contributed by atoms with Crippen LogP contribution in [0, 0.1) is 5.82 Å². The molecule has 0 fully saturated rings. The minimum atomic E-state index is -3.28. The molecule has 6 nitrogen and oxygen atoms in total. The Morgan fingerprint density at radius 3 is 2.57 bits per heavy atom. The largest absolute Gasteiger partial charge is 0.444 e. The third kappa shape index (κ3) is 6.03. The Hall–Kier alpha value is -3.62. The fourth-order valence-electron chi connectivity index (χ4n) is 4.28. The van der Waals surface area contributed by atoms with Crippen molar-refractivity contribution < 1.29 is 22.7 Å². The lowest BCUT2D eigenvalue weighted by Crippen LogP contribution is -2.39. The smallest absolute Gasteiger partial charge is 0.410 e. The average Bonchev–Trinajstić information content (AvgIpc) is 2.82. The van der Waals surface area contributed by atoms with Crippen LogP contribution in [0.5, 0.6) is 0 Å². The van der Waals surface area contributed by atoms with Crippen molar-refractivity contribution in [2.24, 2.45) is 0 Å². The number of ether oxygens (including phenoxy) is 1. The number of aromatic nitrogens is 2. The van der Waals surface area contributed by atoms with E-state index in [4.69, 9.17) is 4.74 Å². The third-order valence-corrected chi connectivity index (χ3v) is 6.16. The number of alkyl halides is 2. The first kappa shape index (κ1) is 26.4. The molecule has 0 unspecified atom stereocenters. The van der Waals surface area contributed by atoms with Crippen LogP contribution in [-0.2, 0) is 10.7 Å². The molecule has 1 aliphatic rings. The lowest BCUT2D eigenvalue weighted by Gasteiger charge is -2.29. The summed E-state index contributed by atoms with van der Waals surface area (Å²) in [6, 6.07) is 7.12. The van der Waals surface area contributed by atoms with E-state index in [1.807, 2.05) is 32.9 Å². The lowest BCUT2D eigenvalue weighted by atomic mass is 10.00. The summed E-state index contributed by atoms with van der Waals surface area (Å²) in [5.74, 6) is -4.20. The van der Waals surface area contributed by atoms with Crippen LogP contribution in [-0.4, -0.2) is 39.7 Å². The minimum Gasteiger partial charge on any atom is -0.444 e. The van der Waals surface area contributed by atoms with E-state index in [1.165, 1.54) is 12.1 Å². The predicted octanol–water partition coefficient (Wildman–Crippen LogP) is 7.08. The fourth-order valence-corrected chi connectivity index (χ4v) is 4.28. The molecule has 1 aliphatic heterocycles. The van der Waals surface area contributed by atoms with E-state index in [0.29, 0.717) is 37.6 Å². The van der Waals surface area contributed by atoms with Gasteiger partial charge in [0.1, 0.15) is 11.4 Å². The molecule has 0 radical (unpaired) electrons. The maximum atomic E-state index is 14.9. The SMILES string of the molecule is C[C@@H](Nc1ccnc2cnc(C3=CCN(C(=O)OC(C)(C)C)CC3)cc12)c1cccc(C(C)(F)F)c1F. The summed E-state index contributed by atoms with van der Waals surface area (Å²) in [7, 11) is 0. The number of halogens is 3. The zero-order valence-electron chi connectivity index (χ0n) is 21.6. The van der Waals surface area contributed by atoms with Gasteiger partial charge in [-0.25, -0.2) is 18.0 Å². The van der Waals surface area contributed by atoms with Crippen LogP contribution in [0.4, 0.5) is 23.7 Å². The first-order valence-electron chi connectivity index (χ1n) is 12.2. The monoisotopic (exact) mass is 512 g/mol. The Labute approximate surface area is 214 Å². The number of carbonyl (C=O) groups excluding carboxylic acids is 1. The van der Waals surface area contributed by atoms with Gasteiger partial charge in [0, 0.05) is 42.8 Å². The second-order valence-corrected chi connectivity index (χ2v) is 10.3. The molecule has 0 saturated heterocycles. The first-order valence-corrected chi connectivity index (χ1v) is 12.2. The van der Waals surface area contributed by atoms with Gasteiger partial charge in [0.15, 0.2) is 0 Å². The summed E-state index contributed by atoms with van der Waals surface area (Å²) in [5.41, 5.74) is 2.02. The first-order chi connectivity index (χ1) is 17.3. The van der Waals surface area contributed by atoms with Gasteiger partial charge in [-0.2, -0.15) is 0 Å². The third-order valence-electron chi connectivity index (χ3n) is 6.16. The molecule has 0 spiro atoms. The van der Waals surface area contributed by atoms with E-state index in [1.54, 1.807) is 30.3 Å². The van der Waals surface area contributed by atoms with Gasteiger partial charge >= 0.3 is 6.09 Å². The van der Waals surface area contributed by atoms with E-state index in [-0.39, 0.29) is 11.7 Å². The fraction of sp³-hybridized carbons (Fsp3) is 0.393. The van der Waals surface area contributed by atoms with Crippen LogP contribution in [0.3, 0.4) is 0 Å². The summed E-state index contributed by atoms with van der Waals surface area (Å²) >= 11 is 0. The Morgan fingerprint density at radius 1 is 1.16 bits per heavy atom. The molecule has 0 aliphatic carbocycles. The number of anilines is 1. The van der Waals surface area contributed by atoms with E-state index in [0.717, 1.165) is 22.7 Å². The second kappa shape index (κ2) is 10.0. The van der Waals surface area contributed by atoms with Gasteiger partial charge < -0.3 is 15.0 Å². The van der Waals surface area contributed by atoms with E-state index in [2.05, 4.69) is 15.3 Å². The molecular weight excluding hydrogens is 481 g/mol. The van der Waals surface area contributed by atoms with Crippen molar-refractivity contribution in [3.05, 3.63) is 71.4 Å². The number of fused-ring (bicyclic) bond motifs is 1. The number of rotatable bonds is 5. The van der Waals surface area contributed by atoms with Crippen molar-refractivity contribution >= 4 is 28.3 Å². The molecule has 3 heterocycles. The number of hydrogen-bond donors (Lipinski definition) is 1. The number of nitrogens with zero attached hydrogens (tertiary/aromatic N) is 3. The van der Waals surface area contributed by atoms with Crippen LogP contribution >= 0.6 is 0 Å². The van der Waals surface area contributed by atoms with Crippen molar-refractivity contribution in [3.8, 4) is 0 Å². The Morgan fingerprint density at radius 2 is 1.92 bits per heavy atom. The molecule has 1 amide bonds. The summed E-state index contributed by atoms with van der Waals surface area (Å²) in [6.45, 7) is 8.83. The number of pyridine rings is 2. The van der Waals surface area contributed by atoms with Crippen LogP contribution in [0.1, 0.15) is 63.9 Å². The average molecular weight is 513 g/mol. The highest BCUT2D eigenvalue weighted by Gasteiger charge is 2.30. The molecule has 3 aromatic rings. The van der Waals surface area contributed by atoms with Crippen molar-refractivity contribution in [2.75, 3.05) is 18.4 Å². The molecule has 0 bridgehead atoms.